The quantitative estimate of drug-likeness (QED) is 0.572. The van der Waals surface area contributed by atoms with Crippen LogP contribution in [0.3, 0.4) is 0 Å². The lowest BCUT2D eigenvalue weighted by molar-refractivity contribution is -0.383. The van der Waals surface area contributed by atoms with Crippen molar-refractivity contribution >= 4 is 16.6 Å². The molecule has 0 bridgehead atoms. The van der Waals surface area contributed by atoms with Crippen molar-refractivity contribution in [3.8, 4) is 6.07 Å². The van der Waals surface area contributed by atoms with Crippen molar-refractivity contribution in [2.75, 3.05) is 0 Å². The fourth-order valence-electron chi connectivity index (χ4n) is 1.48. The Kier molecular flexibility index (Phi) is 2.14. The van der Waals surface area contributed by atoms with E-state index >= 15 is 0 Å². The largest absolute Gasteiger partial charge is 0.359 e. The zero-order chi connectivity index (χ0) is 11.7. The zero-order valence-electron chi connectivity index (χ0n) is 7.93. The molecule has 1 aromatic heterocycles. The first kappa shape index (κ1) is 9.86. The average Bonchev–Trinajstić information content (AvgIpc) is 2.29. The maximum atomic E-state index is 11.7. The van der Waals surface area contributed by atoms with E-state index in [-0.39, 0.29) is 16.6 Å². The van der Waals surface area contributed by atoms with E-state index in [4.69, 9.17) is 5.26 Å². The Morgan fingerprint density at radius 1 is 1.44 bits per heavy atom. The normalized spacial score (nSPS) is 9.94. The van der Waals surface area contributed by atoms with Gasteiger partial charge >= 0.3 is 0 Å². The van der Waals surface area contributed by atoms with Gasteiger partial charge in [-0.25, -0.2) is 0 Å². The number of hydrogen-bond donors (Lipinski definition) is 1. The van der Waals surface area contributed by atoms with Gasteiger partial charge in [0.1, 0.15) is 17.0 Å². The smallest absolute Gasteiger partial charge is 0.282 e. The van der Waals surface area contributed by atoms with Gasteiger partial charge in [-0.1, -0.05) is 6.07 Å². The molecule has 2 rings (SSSR count). The summed E-state index contributed by atoms with van der Waals surface area (Å²) in [5.74, 6) is 0. The number of aromatic nitrogens is 1. The first-order chi connectivity index (χ1) is 7.65. The molecule has 2 aromatic rings. The molecule has 1 aromatic carbocycles. The first-order valence-electron chi connectivity index (χ1n) is 4.34. The second kappa shape index (κ2) is 3.47. The number of non-ortho nitro benzene ring substituents is 1. The van der Waals surface area contributed by atoms with Crippen molar-refractivity contribution in [3.05, 3.63) is 50.3 Å². The van der Waals surface area contributed by atoms with Crippen molar-refractivity contribution in [1.82, 2.24) is 4.98 Å². The van der Waals surface area contributed by atoms with E-state index in [1.807, 2.05) is 0 Å². The highest BCUT2D eigenvalue weighted by Crippen LogP contribution is 2.20. The summed E-state index contributed by atoms with van der Waals surface area (Å²) >= 11 is 0. The molecule has 1 N–H and O–H groups in total. The van der Waals surface area contributed by atoms with Crippen LogP contribution in [0.25, 0.3) is 10.9 Å². The summed E-state index contributed by atoms with van der Waals surface area (Å²) in [4.78, 5) is 24.5. The maximum absolute atomic E-state index is 11.7. The first-order valence-corrected chi connectivity index (χ1v) is 4.34. The van der Waals surface area contributed by atoms with Gasteiger partial charge in [0.05, 0.1) is 10.4 Å². The summed E-state index contributed by atoms with van der Waals surface area (Å²) in [7, 11) is 0. The average molecular weight is 215 g/mol. The topological polar surface area (TPSA) is 99.8 Å². The van der Waals surface area contributed by atoms with Crippen molar-refractivity contribution in [1.29, 1.82) is 5.26 Å². The number of aromatic amines is 1. The molecule has 0 radical (unpaired) electrons. The van der Waals surface area contributed by atoms with Gasteiger partial charge in [0.15, 0.2) is 0 Å². The van der Waals surface area contributed by atoms with Crippen LogP contribution in [0.5, 0.6) is 0 Å². The predicted molar refractivity (Wildman–Crippen MR) is 55.9 cm³/mol. The zero-order valence-corrected chi connectivity index (χ0v) is 7.93. The third-order valence-corrected chi connectivity index (χ3v) is 2.20. The molecule has 78 valence electrons. The predicted octanol–water partition coefficient (Wildman–Crippen LogP) is 1.31. The Morgan fingerprint density at radius 2 is 2.19 bits per heavy atom. The van der Waals surface area contributed by atoms with Gasteiger partial charge in [0, 0.05) is 12.3 Å². The van der Waals surface area contributed by atoms with Crippen molar-refractivity contribution in [3.63, 3.8) is 0 Å². The molecular formula is C10H5N3O3. The van der Waals surface area contributed by atoms with Crippen LogP contribution in [-0.4, -0.2) is 9.91 Å². The molecule has 0 aliphatic carbocycles. The van der Waals surface area contributed by atoms with Crippen LogP contribution >= 0.6 is 0 Å². The van der Waals surface area contributed by atoms with Crippen LogP contribution in [0.4, 0.5) is 5.69 Å². The van der Waals surface area contributed by atoms with Gasteiger partial charge < -0.3 is 4.98 Å². The van der Waals surface area contributed by atoms with E-state index in [0.29, 0.717) is 5.52 Å². The summed E-state index contributed by atoms with van der Waals surface area (Å²) in [6.45, 7) is 0. The molecule has 0 saturated heterocycles. The molecule has 6 nitrogen and oxygen atoms in total. The summed E-state index contributed by atoms with van der Waals surface area (Å²) in [6.07, 6.45) is 1.24. The number of benzene rings is 1. The number of hydrogen-bond acceptors (Lipinski definition) is 4. The Labute approximate surface area is 88.9 Å². The number of H-pyrrole nitrogens is 1. The minimum absolute atomic E-state index is 0.0634. The van der Waals surface area contributed by atoms with E-state index in [1.165, 1.54) is 18.3 Å². The number of nitrogens with one attached hydrogen (secondary N) is 1. The number of nitrogens with zero attached hydrogens (tertiary/aromatic N) is 2. The van der Waals surface area contributed by atoms with Gasteiger partial charge in [-0.15, -0.1) is 0 Å². The van der Waals surface area contributed by atoms with E-state index in [9.17, 15) is 14.9 Å². The molecule has 1 heterocycles. The number of rotatable bonds is 1. The van der Waals surface area contributed by atoms with Crippen LogP contribution in [0.2, 0.25) is 0 Å². The number of nitro groups is 1. The Bertz CT molecular complexity index is 682. The van der Waals surface area contributed by atoms with Crippen LogP contribution in [0.1, 0.15) is 5.56 Å². The summed E-state index contributed by atoms with van der Waals surface area (Å²) in [6, 6.07) is 5.94. The number of nitro benzene ring substituents is 1. The third kappa shape index (κ3) is 1.31. The van der Waals surface area contributed by atoms with Gasteiger partial charge in [-0.3, -0.25) is 14.9 Å². The fraction of sp³-hybridized carbons (Fsp3) is 0. The maximum Gasteiger partial charge on any atom is 0.282 e. The monoisotopic (exact) mass is 215 g/mol. The van der Waals surface area contributed by atoms with Crippen molar-refractivity contribution in [2.45, 2.75) is 0 Å². The van der Waals surface area contributed by atoms with Crippen molar-refractivity contribution < 1.29 is 4.92 Å². The second-order valence-corrected chi connectivity index (χ2v) is 3.10. The van der Waals surface area contributed by atoms with E-state index in [2.05, 4.69) is 4.98 Å². The molecule has 0 aliphatic rings. The van der Waals surface area contributed by atoms with Gasteiger partial charge in [-0.2, -0.15) is 5.26 Å². The van der Waals surface area contributed by atoms with Gasteiger partial charge in [-0.05, 0) is 6.07 Å². The summed E-state index contributed by atoms with van der Waals surface area (Å²) in [5.41, 5.74) is -0.709. The standard InChI is InChI=1S/C10H5N3O3/c11-4-6-5-12-7-2-1-3-8(13(15)16)9(7)10(6)14/h1-3,5H,(H,12,14). The molecule has 0 saturated carbocycles. The van der Waals surface area contributed by atoms with Gasteiger partial charge in [0.2, 0.25) is 5.43 Å². The van der Waals surface area contributed by atoms with Crippen LogP contribution in [-0.2, 0) is 0 Å². The van der Waals surface area contributed by atoms with Crippen molar-refractivity contribution in [2.24, 2.45) is 0 Å². The molecule has 16 heavy (non-hydrogen) atoms. The van der Waals surface area contributed by atoms with Gasteiger partial charge in [0.25, 0.3) is 5.69 Å². The summed E-state index contributed by atoms with van der Waals surface area (Å²) in [5, 5.41) is 19.3. The fourth-order valence-corrected chi connectivity index (χ4v) is 1.48. The highest BCUT2D eigenvalue weighted by molar-refractivity contribution is 5.88. The molecule has 0 spiro atoms. The van der Waals surface area contributed by atoms with E-state index in [0.717, 1.165) is 0 Å². The number of pyridine rings is 1. The lowest BCUT2D eigenvalue weighted by atomic mass is 10.1. The second-order valence-electron chi connectivity index (χ2n) is 3.10. The van der Waals surface area contributed by atoms with Crippen LogP contribution in [0, 0.1) is 21.4 Å². The molecule has 0 unspecified atom stereocenters. The molecule has 0 amide bonds. The molecule has 0 atom stereocenters. The minimum Gasteiger partial charge on any atom is -0.359 e. The van der Waals surface area contributed by atoms with Crippen LogP contribution < -0.4 is 5.43 Å². The third-order valence-electron chi connectivity index (χ3n) is 2.20. The highest BCUT2D eigenvalue weighted by atomic mass is 16.6. The molecular weight excluding hydrogens is 210 g/mol. The lowest BCUT2D eigenvalue weighted by Crippen LogP contribution is -2.09. The number of fused-ring (bicyclic) bond motifs is 1. The van der Waals surface area contributed by atoms with E-state index < -0.39 is 10.4 Å². The summed E-state index contributed by atoms with van der Waals surface area (Å²) < 4.78 is 0. The number of nitriles is 1. The van der Waals surface area contributed by atoms with E-state index in [1.54, 1.807) is 12.1 Å². The SMILES string of the molecule is N#Cc1c[nH]c2cccc([N+](=O)[O-])c2c1=O. The Morgan fingerprint density at radius 3 is 2.81 bits per heavy atom. The molecule has 0 fully saturated rings. The molecule has 6 heteroatoms. The highest BCUT2D eigenvalue weighted by Gasteiger charge is 2.16. The minimum atomic E-state index is -0.640. The van der Waals surface area contributed by atoms with Crippen LogP contribution in [0.15, 0.2) is 29.2 Å². The Balaban J connectivity index is 3.01. The lowest BCUT2D eigenvalue weighted by Gasteiger charge is -1.98. The Hall–Kier alpha value is -2.68. The molecule has 0 aliphatic heterocycles.